The molecular formula is C15H16F3N3. The van der Waals surface area contributed by atoms with Gasteiger partial charge in [-0.2, -0.15) is 13.2 Å². The number of hydrogen-bond acceptors (Lipinski definition) is 3. The second-order valence-electron chi connectivity index (χ2n) is 4.82. The number of rotatable bonds is 3. The molecule has 0 spiro atoms. The highest BCUT2D eigenvalue weighted by Crippen LogP contribution is 2.31. The molecule has 0 aliphatic heterocycles. The second-order valence-corrected chi connectivity index (χ2v) is 4.82. The summed E-state index contributed by atoms with van der Waals surface area (Å²) < 4.78 is 38.2. The van der Waals surface area contributed by atoms with E-state index in [9.17, 15) is 13.2 Å². The van der Waals surface area contributed by atoms with Crippen LogP contribution in [0.15, 0.2) is 30.5 Å². The van der Waals surface area contributed by atoms with Crippen LogP contribution >= 0.6 is 0 Å². The summed E-state index contributed by atoms with van der Waals surface area (Å²) in [5.74, 6) is 0.297. The van der Waals surface area contributed by atoms with Crippen LogP contribution in [0.3, 0.4) is 0 Å². The minimum atomic E-state index is -4.37. The highest BCUT2D eigenvalue weighted by molar-refractivity contribution is 5.56. The van der Waals surface area contributed by atoms with E-state index in [1.165, 1.54) is 6.07 Å². The molecule has 2 rings (SSSR count). The first-order valence-corrected chi connectivity index (χ1v) is 6.51. The fourth-order valence-corrected chi connectivity index (χ4v) is 2.03. The summed E-state index contributed by atoms with van der Waals surface area (Å²) >= 11 is 0. The van der Waals surface area contributed by atoms with E-state index >= 15 is 0 Å². The Hall–Kier alpha value is -1.95. The van der Waals surface area contributed by atoms with E-state index in [2.05, 4.69) is 15.3 Å². The van der Waals surface area contributed by atoms with Gasteiger partial charge >= 0.3 is 6.18 Å². The summed E-state index contributed by atoms with van der Waals surface area (Å²) in [4.78, 5) is 8.50. The number of nitrogens with zero attached hydrogens (tertiary/aromatic N) is 2. The van der Waals surface area contributed by atoms with Crippen LogP contribution < -0.4 is 5.32 Å². The summed E-state index contributed by atoms with van der Waals surface area (Å²) in [5.41, 5.74) is 1.33. The fourth-order valence-electron chi connectivity index (χ4n) is 2.03. The van der Waals surface area contributed by atoms with Crippen molar-refractivity contribution in [2.75, 3.05) is 7.05 Å². The van der Waals surface area contributed by atoms with Gasteiger partial charge in [0.15, 0.2) is 5.82 Å². The van der Waals surface area contributed by atoms with Crippen molar-refractivity contribution in [3.8, 4) is 11.4 Å². The van der Waals surface area contributed by atoms with Gasteiger partial charge in [0.2, 0.25) is 0 Å². The third kappa shape index (κ3) is 3.39. The van der Waals surface area contributed by atoms with Crippen LogP contribution in [0.4, 0.5) is 13.2 Å². The maximum atomic E-state index is 12.7. The van der Waals surface area contributed by atoms with Crippen LogP contribution in [-0.2, 0) is 6.18 Å². The molecule has 0 bridgehead atoms. The molecule has 112 valence electrons. The number of aromatic nitrogens is 2. The summed E-state index contributed by atoms with van der Waals surface area (Å²) in [6, 6.07) is 5.12. The lowest BCUT2D eigenvalue weighted by atomic mass is 10.1. The fraction of sp³-hybridized carbons (Fsp3) is 0.333. The van der Waals surface area contributed by atoms with E-state index in [0.717, 1.165) is 23.4 Å². The van der Waals surface area contributed by atoms with Gasteiger partial charge in [-0.05, 0) is 33.0 Å². The van der Waals surface area contributed by atoms with E-state index in [1.54, 1.807) is 12.3 Å². The first kappa shape index (κ1) is 15.4. The number of halogens is 3. The average molecular weight is 295 g/mol. The third-order valence-corrected chi connectivity index (χ3v) is 3.36. The van der Waals surface area contributed by atoms with Crippen molar-refractivity contribution in [2.24, 2.45) is 0 Å². The molecule has 0 aliphatic carbocycles. The number of nitrogens with one attached hydrogen (secondary N) is 1. The number of aryl methyl sites for hydroxylation is 1. The normalized spacial score (nSPS) is 13.2. The molecule has 0 radical (unpaired) electrons. The van der Waals surface area contributed by atoms with Crippen LogP contribution in [-0.4, -0.2) is 17.0 Å². The second kappa shape index (κ2) is 5.81. The van der Waals surface area contributed by atoms with Crippen LogP contribution in [0, 0.1) is 6.92 Å². The van der Waals surface area contributed by atoms with Crippen molar-refractivity contribution in [1.29, 1.82) is 0 Å². The molecule has 21 heavy (non-hydrogen) atoms. The predicted octanol–water partition coefficient (Wildman–Crippen LogP) is 3.75. The Morgan fingerprint density at radius 2 is 1.95 bits per heavy atom. The summed E-state index contributed by atoms with van der Waals surface area (Å²) in [6.07, 6.45) is -2.72. The first-order valence-electron chi connectivity index (χ1n) is 6.51. The van der Waals surface area contributed by atoms with E-state index in [1.807, 2.05) is 20.9 Å². The van der Waals surface area contributed by atoms with Gasteiger partial charge < -0.3 is 5.32 Å². The predicted molar refractivity (Wildman–Crippen MR) is 74.7 cm³/mol. The molecule has 0 fully saturated rings. The quantitative estimate of drug-likeness (QED) is 0.937. The lowest BCUT2D eigenvalue weighted by molar-refractivity contribution is -0.137. The minimum Gasteiger partial charge on any atom is -0.313 e. The van der Waals surface area contributed by atoms with Gasteiger partial charge in [-0.25, -0.2) is 9.97 Å². The van der Waals surface area contributed by atoms with Crippen LogP contribution in [0.1, 0.15) is 29.8 Å². The maximum Gasteiger partial charge on any atom is 0.416 e. The first-order chi connectivity index (χ1) is 9.82. The Balaban J connectivity index is 2.41. The number of hydrogen-bond donors (Lipinski definition) is 1. The van der Waals surface area contributed by atoms with Gasteiger partial charge in [0, 0.05) is 29.1 Å². The molecule has 2 aromatic rings. The zero-order valence-corrected chi connectivity index (χ0v) is 12.0. The molecule has 3 nitrogen and oxygen atoms in total. The van der Waals surface area contributed by atoms with E-state index in [-0.39, 0.29) is 6.04 Å². The number of benzene rings is 1. The Morgan fingerprint density at radius 1 is 1.24 bits per heavy atom. The van der Waals surface area contributed by atoms with E-state index < -0.39 is 11.7 Å². The Bertz CT molecular complexity index is 638. The molecule has 1 N–H and O–H groups in total. The molecule has 1 aromatic carbocycles. The van der Waals surface area contributed by atoms with Crippen LogP contribution in [0.5, 0.6) is 0 Å². The zero-order chi connectivity index (χ0) is 15.6. The summed E-state index contributed by atoms with van der Waals surface area (Å²) in [7, 11) is 1.82. The molecule has 6 heteroatoms. The van der Waals surface area contributed by atoms with Crippen molar-refractivity contribution in [2.45, 2.75) is 26.1 Å². The van der Waals surface area contributed by atoms with E-state index in [0.29, 0.717) is 11.4 Å². The van der Waals surface area contributed by atoms with Crippen molar-refractivity contribution in [3.05, 3.63) is 47.3 Å². The minimum absolute atomic E-state index is 0.0839. The van der Waals surface area contributed by atoms with E-state index in [4.69, 9.17) is 0 Å². The molecule has 0 aliphatic rings. The molecule has 1 heterocycles. The van der Waals surface area contributed by atoms with Gasteiger partial charge in [0.05, 0.1) is 5.56 Å². The zero-order valence-electron chi connectivity index (χ0n) is 12.0. The van der Waals surface area contributed by atoms with Crippen molar-refractivity contribution in [3.63, 3.8) is 0 Å². The number of alkyl halides is 3. The Kier molecular flexibility index (Phi) is 4.27. The van der Waals surface area contributed by atoms with Crippen LogP contribution in [0.25, 0.3) is 11.4 Å². The highest BCUT2D eigenvalue weighted by Gasteiger charge is 2.30. The van der Waals surface area contributed by atoms with Crippen molar-refractivity contribution in [1.82, 2.24) is 15.3 Å². The molecule has 0 saturated heterocycles. The summed E-state index contributed by atoms with van der Waals surface area (Å²) in [5, 5.41) is 3.08. The lowest BCUT2D eigenvalue weighted by Gasteiger charge is -2.14. The monoisotopic (exact) mass is 295 g/mol. The largest absolute Gasteiger partial charge is 0.416 e. The van der Waals surface area contributed by atoms with Gasteiger partial charge in [-0.15, -0.1) is 0 Å². The Labute approximate surface area is 121 Å². The van der Waals surface area contributed by atoms with Crippen molar-refractivity contribution >= 4 is 0 Å². The maximum absolute atomic E-state index is 12.7. The molecule has 0 amide bonds. The SMILES string of the molecule is CNC(C)c1cnc(-c2cccc(C(F)(F)F)c2)nc1C. The molecule has 1 aromatic heterocycles. The van der Waals surface area contributed by atoms with Crippen molar-refractivity contribution < 1.29 is 13.2 Å². The van der Waals surface area contributed by atoms with Gasteiger partial charge in [-0.3, -0.25) is 0 Å². The van der Waals surface area contributed by atoms with Gasteiger partial charge in [-0.1, -0.05) is 12.1 Å². The van der Waals surface area contributed by atoms with Gasteiger partial charge in [0.25, 0.3) is 0 Å². The summed E-state index contributed by atoms with van der Waals surface area (Å²) in [6.45, 7) is 3.79. The average Bonchev–Trinajstić information content (AvgIpc) is 2.45. The smallest absolute Gasteiger partial charge is 0.313 e. The lowest BCUT2D eigenvalue weighted by Crippen LogP contribution is -2.15. The molecule has 1 atom stereocenters. The molecule has 1 unspecified atom stereocenters. The van der Waals surface area contributed by atoms with Gasteiger partial charge in [0.1, 0.15) is 0 Å². The third-order valence-electron chi connectivity index (χ3n) is 3.36. The standard InChI is InChI=1S/C15H16F3N3/c1-9(19-3)13-8-20-14(21-10(13)2)11-5-4-6-12(7-11)15(16,17)18/h4-9,19H,1-3H3. The highest BCUT2D eigenvalue weighted by atomic mass is 19.4. The Morgan fingerprint density at radius 3 is 2.52 bits per heavy atom. The molecule has 0 saturated carbocycles. The molecular weight excluding hydrogens is 279 g/mol. The van der Waals surface area contributed by atoms with Crippen LogP contribution in [0.2, 0.25) is 0 Å². The topological polar surface area (TPSA) is 37.8 Å².